The summed E-state index contributed by atoms with van der Waals surface area (Å²) in [6.45, 7) is 0. The van der Waals surface area contributed by atoms with Crippen molar-refractivity contribution in [1.82, 2.24) is 15.5 Å². The van der Waals surface area contributed by atoms with Gasteiger partial charge in [-0.3, -0.25) is 5.32 Å². The van der Waals surface area contributed by atoms with Crippen LogP contribution in [0.2, 0.25) is 0 Å². The summed E-state index contributed by atoms with van der Waals surface area (Å²) in [5.41, 5.74) is 4.11. The van der Waals surface area contributed by atoms with Crippen LogP contribution < -0.4 is 10.6 Å². The Morgan fingerprint density at radius 3 is 3.11 bits per heavy atom. The minimum absolute atomic E-state index is 0.0918. The molecule has 1 aliphatic rings. The predicted octanol–water partition coefficient (Wildman–Crippen LogP) is 2.35. The van der Waals surface area contributed by atoms with E-state index in [-0.39, 0.29) is 12.1 Å². The van der Waals surface area contributed by atoms with Gasteiger partial charge in [-0.25, -0.2) is 4.79 Å². The topological polar surface area (TPSA) is 66.9 Å². The lowest BCUT2D eigenvalue weighted by Crippen LogP contribution is -2.31. The summed E-state index contributed by atoms with van der Waals surface area (Å²) in [5, 5.41) is 13.6. The number of aromatic nitrogens is 2. The van der Waals surface area contributed by atoms with Crippen molar-refractivity contribution in [3.05, 3.63) is 40.9 Å². The van der Waals surface area contributed by atoms with Gasteiger partial charge < -0.3 is 5.32 Å². The first-order valence-corrected chi connectivity index (χ1v) is 6.62. The molecule has 0 aliphatic heterocycles. The van der Waals surface area contributed by atoms with Gasteiger partial charge in [-0.05, 0) is 24.0 Å². The van der Waals surface area contributed by atoms with Crippen molar-refractivity contribution in [2.45, 2.75) is 18.9 Å². The Labute approximate surface area is 108 Å². The number of urea groups is 1. The second kappa shape index (κ2) is 4.73. The second-order valence-corrected chi connectivity index (χ2v) is 4.97. The Kier molecular flexibility index (Phi) is 2.93. The fourth-order valence-electron chi connectivity index (χ4n) is 2.23. The zero-order valence-corrected chi connectivity index (χ0v) is 10.4. The van der Waals surface area contributed by atoms with Gasteiger partial charge in [-0.2, -0.15) is 0 Å². The first-order chi connectivity index (χ1) is 8.83. The average molecular weight is 260 g/mol. The molecule has 1 aromatic carbocycles. The molecule has 92 valence electrons. The van der Waals surface area contributed by atoms with Crippen LogP contribution >= 0.6 is 11.3 Å². The van der Waals surface area contributed by atoms with Gasteiger partial charge in [-0.1, -0.05) is 35.6 Å². The molecule has 2 N–H and O–H groups in total. The molecule has 2 aromatic rings. The van der Waals surface area contributed by atoms with Crippen LogP contribution in [0.3, 0.4) is 0 Å². The fourth-order valence-corrected chi connectivity index (χ4v) is 2.67. The van der Waals surface area contributed by atoms with Crippen LogP contribution in [0.5, 0.6) is 0 Å². The quantitative estimate of drug-likeness (QED) is 0.871. The van der Waals surface area contributed by atoms with Crippen molar-refractivity contribution in [2.75, 3.05) is 5.32 Å². The van der Waals surface area contributed by atoms with Gasteiger partial charge in [0.15, 0.2) is 0 Å². The number of hydrogen-bond donors (Lipinski definition) is 2. The van der Waals surface area contributed by atoms with Gasteiger partial charge in [0.05, 0.1) is 6.04 Å². The van der Waals surface area contributed by atoms with Crippen molar-refractivity contribution in [1.29, 1.82) is 0 Å². The molecule has 2 amide bonds. The summed E-state index contributed by atoms with van der Waals surface area (Å²) >= 11 is 1.30. The maximum atomic E-state index is 11.8. The summed E-state index contributed by atoms with van der Waals surface area (Å²) in [5.74, 6) is 0. The zero-order chi connectivity index (χ0) is 12.4. The number of carbonyl (C=O) groups is 1. The van der Waals surface area contributed by atoms with Crippen molar-refractivity contribution >= 4 is 22.5 Å². The molecular formula is C12H12N4OS. The fraction of sp³-hybridized carbons (Fsp3) is 0.250. The lowest BCUT2D eigenvalue weighted by molar-refractivity contribution is 0.248. The summed E-state index contributed by atoms with van der Waals surface area (Å²) in [7, 11) is 0. The standard InChI is InChI=1S/C12H12N4OS/c17-11(15-12-16-13-7-18-12)14-10-6-5-8-3-1-2-4-9(8)10/h1-4,7,10H,5-6H2,(H2,14,15,16,17). The Balaban J connectivity index is 1.66. The second-order valence-electron chi connectivity index (χ2n) is 4.13. The number of carbonyl (C=O) groups excluding carboxylic acids is 1. The number of benzene rings is 1. The van der Waals surface area contributed by atoms with Gasteiger partial charge >= 0.3 is 6.03 Å². The molecule has 1 unspecified atom stereocenters. The van der Waals surface area contributed by atoms with Gasteiger partial charge in [0.2, 0.25) is 5.13 Å². The van der Waals surface area contributed by atoms with Crippen LogP contribution in [0.15, 0.2) is 29.8 Å². The van der Waals surface area contributed by atoms with E-state index in [4.69, 9.17) is 0 Å². The molecule has 0 radical (unpaired) electrons. The van der Waals surface area contributed by atoms with E-state index < -0.39 is 0 Å². The van der Waals surface area contributed by atoms with Gasteiger partial charge in [0.1, 0.15) is 5.51 Å². The number of aryl methyl sites for hydroxylation is 1. The van der Waals surface area contributed by atoms with E-state index >= 15 is 0 Å². The third-order valence-corrected chi connectivity index (χ3v) is 3.63. The Bertz CT molecular complexity index is 555. The summed E-state index contributed by atoms with van der Waals surface area (Å²) in [6.07, 6.45) is 1.96. The molecule has 0 bridgehead atoms. The SMILES string of the molecule is O=C(Nc1nncs1)NC1CCc2ccccc21. The molecule has 18 heavy (non-hydrogen) atoms. The molecule has 6 heteroatoms. The number of amides is 2. The molecule has 1 atom stereocenters. The van der Waals surface area contributed by atoms with Crippen LogP contribution in [0.25, 0.3) is 0 Å². The van der Waals surface area contributed by atoms with Crippen LogP contribution in [0.1, 0.15) is 23.6 Å². The highest BCUT2D eigenvalue weighted by Gasteiger charge is 2.23. The lowest BCUT2D eigenvalue weighted by Gasteiger charge is -2.13. The molecule has 0 spiro atoms. The van der Waals surface area contributed by atoms with E-state index in [0.29, 0.717) is 5.13 Å². The van der Waals surface area contributed by atoms with E-state index in [0.717, 1.165) is 12.8 Å². The molecule has 0 saturated heterocycles. The molecule has 0 saturated carbocycles. The van der Waals surface area contributed by atoms with Crippen LogP contribution in [0.4, 0.5) is 9.93 Å². The number of hydrogen-bond acceptors (Lipinski definition) is 4. The highest BCUT2D eigenvalue weighted by Crippen LogP contribution is 2.30. The number of anilines is 1. The first-order valence-electron chi connectivity index (χ1n) is 5.74. The Hall–Kier alpha value is -1.95. The third kappa shape index (κ3) is 2.19. The number of rotatable bonds is 2. The third-order valence-electron chi connectivity index (χ3n) is 3.02. The van der Waals surface area contributed by atoms with Crippen molar-refractivity contribution in [2.24, 2.45) is 0 Å². The van der Waals surface area contributed by atoms with E-state index in [9.17, 15) is 4.79 Å². The Morgan fingerprint density at radius 2 is 2.28 bits per heavy atom. The molecule has 5 nitrogen and oxygen atoms in total. The predicted molar refractivity (Wildman–Crippen MR) is 69.6 cm³/mol. The monoisotopic (exact) mass is 260 g/mol. The maximum Gasteiger partial charge on any atom is 0.321 e. The van der Waals surface area contributed by atoms with Gasteiger partial charge in [0.25, 0.3) is 0 Å². The highest BCUT2D eigenvalue weighted by molar-refractivity contribution is 7.13. The van der Waals surface area contributed by atoms with E-state index in [1.807, 2.05) is 12.1 Å². The highest BCUT2D eigenvalue weighted by atomic mass is 32.1. The molecule has 3 rings (SSSR count). The van der Waals surface area contributed by atoms with E-state index in [1.54, 1.807) is 5.51 Å². The van der Waals surface area contributed by atoms with Gasteiger partial charge in [-0.15, -0.1) is 10.2 Å². The molecule has 1 heterocycles. The maximum absolute atomic E-state index is 11.8. The smallest absolute Gasteiger partial charge is 0.321 e. The van der Waals surface area contributed by atoms with Gasteiger partial charge in [0, 0.05) is 0 Å². The van der Waals surface area contributed by atoms with Crippen LogP contribution in [-0.2, 0) is 6.42 Å². The Morgan fingerprint density at radius 1 is 1.39 bits per heavy atom. The van der Waals surface area contributed by atoms with Crippen LogP contribution in [-0.4, -0.2) is 16.2 Å². The number of fused-ring (bicyclic) bond motifs is 1. The minimum Gasteiger partial charge on any atom is -0.331 e. The molecule has 0 fully saturated rings. The number of nitrogens with zero attached hydrogens (tertiary/aromatic N) is 2. The zero-order valence-electron chi connectivity index (χ0n) is 9.59. The summed E-state index contributed by atoms with van der Waals surface area (Å²) in [4.78, 5) is 11.8. The van der Waals surface area contributed by atoms with Crippen molar-refractivity contribution in [3.8, 4) is 0 Å². The summed E-state index contributed by atoms with van der Waals surface area (Å²) in [6, 6.07) is 8.07. The number of nitrogens with one attached hydrogen (secondary N) is 2. The van der Waals surface area contributed by atoms with E-state index in [1.165, 1.54) is 22.5 Å². The largest absolute Gasteiger partial charge is 0.331 e. The van der Waals surface area contributed by atoms with Crippen LogP contribution in [0, 0.1) is 0 Å². The average Bonchev–Trinajstić information content (AvgIpc) is 3.00. The first kappa shape index (κ1) is 11.2. The van der Waals surface area contributed by atoms with Crippen molar-refractivity contribution < 1.29 is 4.79 Å². The lowest BCUT2D eigenvalue weighted by atomic mass is 10.1. The minimum atomic E-state index is -0.228. The molecule has 1 aliphatic carbocycles. The molecular weight excluding hydrogens is 248 g/mol. The summed E-state index contributed by atoms with van der Waals surface area (Å²) < 4.78 is 0. The normalized spacial score (nSPS) is 17.2. The van der Waals surface area contributed by atoms with E-state index in [2.05, 4.69) is 33.0 Å². The molecule has 1 aromatic heterocycles. The van der Waals surface area contributed by atoms with Crippen molar-refractivity contribution in [3.63, 3.8) is 0 Å².